The fourth-order valence-electron chi connectivity index (χ4n) is 4.50. The van der Waals surface area contributed by atoms with Gasteiger partial charge in [0.05, 0.1) is 0 Å². The molecule has 0 aliphatic carbocycles. The molecule has 0 aliphatic rings. The third-order valence-electron chi connectivity index (χ3n) is 6.43. The Morgan fingerprint density at radius 3 is 2.38 bits per heavy atom. The molecule has 0 saturated heterocycles. The van der Waals surface area contributed by atoms with Gasteiger partial charge in [-0.15, -0.1) is 0 Å². The summed E-state index contributed by atoms with van der Waals surface area (Å²) in [6.45, 7) is 13.2. The van der Waals surface area contributed by atoms with Crippen molar-refractivity contribution in [2.45, 2.75) is 71.6 Å². The number of benzene rings is 3. The van der Waals surface area contributed by atoms with E-state index in [2.05, 4.69) is 24.1 Å². The minimum Gasteiger partial charge on any atom is -0.444 e. The van der Waals surface area contributed by atoms with E-state index >= 15 is 0 Å². The summed E-state index contributed by atoms with van der Waals surface area (Å²) in [6.07, 6.45) is 3.57. The van der Waals surface area contributed by atoms with Crippen molar-refractivity contribution in [3.63, 3.8) is 0 Å². The van der Waals surface area contributed by atoms with Crippen LogP contribution in [0.2, 0.25) is 0 Å². The SMILES string of the molecule is C=Cc1cccc(C(C(=O)Nc2ccc3ccccc3c2)N(CCCCC)C(=O)C(C)NC(=O)OC(C)(C)C)c1. The number of rotatable bonds is 11. The van der Waals surface area contributed by atoms with Crippen LogP contribution in [0.5, 0.6) is 0 Å². The Morgan fingerprint density at radius 2 is 1.70 bits per heavy atom. The van der Waals surface area contributed by atoms with Crippen molar-refractivity contribution < 1.29 is 19.1 Å². The molecule has 3 aromatic carbocycles. The van der Waals surface area contributed by atoms with E-state index in [1.807, 2.05) is 66.7 Å². The highest BCUT2D eigenvalue weighted by Gasteiger charge is 2.34. The zero-order chi connectivity index (χ0) is 29.3. The third kappa shape index (κ3) is 8.43. The van der Waals surface area contributed by atoms with Crippen LogP contribution < -0.4 is 10.6 Å². The second kappa shape index (κ2) is 13.8. The number of ether oxygens (including phenoxy) is 1. The van der Waals surface area contributed by atoms with Crippen LogP contribution in [-0.4, -0.2) is 41.0 Å². The summed E-state index contributed by atoms with van der Waals surface area (Å²) < 4.78 is 5.36. The lowest BCUT2D eigenvalue weighted by molar-refractivity contribution is -0.140. The normalized spacial score (nSPS) is 12.7. The number of unbranched alkanes of at least 4 members (excludes halogenated alkanes) is 2. The van der Waals surface area contributed by atoms with Crippen molar-refractivity contribution in [3.8, 4) is 0 Å². The van der Waals surface area contributed by atoms with E-state index in [1.165, 1.54) is 0 Å². The number of carbonyl (C=O) groups is 3. The van der Waals surface area contributed by atoms with Gasteiger partial charge in [-0.2, -0.15) is 0 Å². The molecule has 0 heterocycles. The number of nitrogens with zero attached hydrogens (tertiary/aromatic N) is 1. The average Bonchev–Trinajstić information content (AvgIpc) is 2.91. The molecule has 3 aromatic rings. The van der Waals surface area contributed by atoms with Crippen molar-refractivity contribution in [3.05, 3.63) is 84.4 Å². The topological polar surface area (TPSA) is 87.7 Å². The van der Waals surface area contributed by atoms with Crippen LogP contribution in [0.3, 0.4) is 0 Å². The average molecular weight is 544 g/mol. The van der Waals surface area contributed by atoms with Gasteiger partial charge in [0.2, 0.25) is 5.91 Å². The maximum absolute atomic E-state index is 14.0. The smallest absolute Gasteiger partial charge is 0.408 e. The Morgan fingerprint density at radius 1 is 0.975 bits per heavy atom. The molecule has 0 aromatic heterocycles. The molecule has 2 unspecified atom stereocenters. The Bertz CT molecular complexity index is 1340. The van der Waals surface area contributed by atoms with Crippen molar-refractivity contribution >= 4 is 40.4 Å². The van der Waals surface area contributed by atoms with Crippen molar-refractivity contribution in [2.24, 2.45) is 0 Å². The molecule has 0 fully saturated rings. The van der Waals surface area contributed by atoms with Crippen LogP contribution in [0.4, 0.5) is 10.5 Å². The van der Waals surface area contributed by atoms with E-state index in [0.29, 0.717) is 24.2 Å². The summed E-state index contributed by atoms with van der Waals surface area (Å²) in [7, 11) is 0. The molecule has 3 amide bonds. The zero-order valence-corrected chi connectivity index (χ0v) is 24.2. The van der Waals surface area contributed by atoms with Gasteiger partial charge in [-0.05, 0) is 74.2 Å². The van der Waals surface area contributed by atoms with E-state index in [4.69, 9.17) is 4.74 Å². The molecule has 7 heteroatoms. The van der Waals surface area contributed by atoms with Gasteiger partial charge < -0.3 is 20.3 Å². The Labute approximate surface area is 237 Å². The van der Waals surface area contributed by atoms with Gasteiger partial charge in [0.25, 0.3) is 5.91 Å². The Kier molecular flexibility index (Phi) is 10.5. The predicted molar refractivity (Wildman–Crippen MR) is 162 cm³/mol. The number of hydrogen-bond donors (Lipinski definition) is 2. The van der Waals surface area contributed by atoms with Crippen LogP contribution in [0.1, 0.15) is 71.0 Å². The van der Waals surface area contributed by atoms with Gasteiger partial charge in [-0.3, -0.25) is 9.59 Å². The lowest BCUT2D eigenvalue weighted by atomic mass is 9.99. The molecule has 0 saturated carbocycles. The van der Waals surface area contributed by atoms with Crippen LogP contribution in [-0.2, 0) is 14.3 Å². The van der Waals surface area contributed by atoms with Crippen molar-refractivity contribution in [1.82, 2.24) is 10.2 Å². The van der Waals surface area contributed by atoms with Crippen molar-refractivity contribution in [2.75, 3.05) is 11.9 Å². The molecule has 3 rings (SSSR count). The highest BCUT2D eigenvalue weighted by molar-refractivity contribution is 6.00. The monoisotopic (exact) mass is 543 g/mol. The molecule has 7 nitrogen and oxygen atoms in total. The summed E-state index contributed by atoms with van der Waals surface area (Å²) in [5.74, 6) is -0.713. The van der Waals surface area contributed by atoms with E-state index in [9.17, 15) is 14.4 Å². The van der Waals surface area contributed by atoms with Crippen LogP contribution in [0.15, 0.2) is 73.3 Å². The molecule has 0 aliphatic heterocycles. The van der Waals surface area contributed by atoms with E-state index < -0.39 is 23.8 Å². The van der Waals surface area contributed by atoms with Crippen LogP contribution in [0, 0.1) is 0 Å². The lowest BCUT2D eigenvalue weighted by Gasteiger charge is -2.34. The van der Waals surface area contributed by atoms with Gasteiger partial charge in [-0.25, -0.2) is 4.79 Å². The first-order valence-corrected chi connectivity index (χ1v) is 13.8. The minimum absolute atomic E-state index is 0.342. The molecule has 2 atom stereocenters. The minimum atomic E-state index is -0.932. The largest absolute Gasteiger partial charge is 0.444 e. The summed E-state index contributed by atoms with van der Waals surface area (Å²) in [5.41, 5.74) is 1.42. The first-order chi connectivity index (χ1) is 19.0. The maximum Gasteiger partial charge on any atom is 0.408 e. The molecule has 40 heavy (non-hydrogen) atoms. The number of hydrogen-bond acceptors (Lipinski definition) is 4. The van der Waals surface area contributed by atoms with Crippen LogP contribution in [0.25, 0.3) is 16.8 Å². The summed E-state index contributed by atoms with van der Waals surface area (Å²) in [5, 5.41) is 7.74. The highest BCUT2D eigenvalue weighted by atomic mass is 16.6. The second-order valence-electron chi connectivity index (χ2n) is 10.9. The van der Waals surface area contributed by atoms with E-state index in [0.717, 1.165) is 29.2 Å². The Hall–Kier alpha value is -4.13. The summed E-state index contributed by atoms with van der Waals surface area (Å²) in [6, 6.07) is 19.2. The lowest BCUT2D eigenvalue weighted by Crippen LogP contribution is -2.51. The first kappa shape index (κ1) is 30.4. The standard InChI is InChI=1S/C33H41N3O4/c1-7-9-12-20-36(31(38)23(3)34-32(39)40-33(4,5)6)29(27-17-13-14-24(8-2)21-27)30(37)35-28-19-18-25-15-10-11-16-26(25)22-28/h8,10-11,13-19,21-23,29H,2,7,9,12,20H2,1,3-6H3,(H,34,39)(H,35,37). The van der Waals surface area contributed by atoms with Crippen molar-refractivity contribution in [1.29, 1.82) is 0 Å². The molecule has 0 bridgehead atoms. The van der Waals surface area contributed by atoms with Crippen LogP contribution >= 0.6 is 0 Å². The molecular formula is C33H41N3O4. The number of nitrogens with one attached hydrogen (secondary N) is 2. The molecule has 0 spiro atoms. The number of anilines is 1. The number of amides is 3. The number of fused-ring (bicyclic) bond motifs is 1. The summed E-state index contributed by atoms with van der Waals surface area (Å²) in [4.78, 5) is 41.9. The fourth-order valence-corrected chi connectivity index (χ4v) is 4.50. The third-order valence-corrected chi connectivity index (χ3v) is 6.43. The first-order valence-electron chi connectivity index (χ1n) is 13.8. The van der Waals surface area contributed by atoms with E-state index in [1.54, 1.807) is 38.7 Å². The zero-order valence-electron chi connectivity index (χ0n) is 24.2. The molecule has 0 radical (unpaired) electrons. The van der Waals surface area contributed by atoms with E-state index in [-0.39, 0.29) is 11.8 Å². The van der Waals surface area contributed by atoms with Gasteiger partial charge in [0, 0.05) is 12.2 Å². The number of carbonyl (C=O) groups excluding carboxylic acids is 3. The Balaban J connectivity index is 1.98. The molecule has 2 N–H and O–H groups in total. The van der Waals surface area contributed by atoms with Gasteiger partial charge >= 0.3 is 6.09 Å². The predicted octanol–water partition coefficient (Wildman–Crippen LogP) is 7.09. The molecule has 212 valence electrons. The van der Waals surface area contributed by atoms with Gasteiger partial charge in [-0.1, -0.05) is 81.0 Å². The summed E-state index contributed by atoms with van der Waals surface area (Å²) >= 11 is 0. The van der Waals surface area contributed by atoms with Gasteiger partial charge in [0.1, 0.15) is 17.7 Å². The maximum atomic E-state index is 14.0. The van der Waals surface area contributed by atoms with Gasteiger partial charge in [0.15, 0.2) is 0 Å². The highest BCUT2D eigenvalue weighted by Crippen LogP contribution is 2.27. The second-order valence-corrected chi connectivity index (χ2v) is 10.9. The molecular weight excluding hydrogens is 502 g/mol. The number of alkyl carbamates (subject to hydrolysis) is 1. The fraction of sp³-hybridized carbons (Fsp3) is 0.364. The quantitative estimate of drug-likeness (QED) is 0.253.